The van der Waals surface area contributed by atoms with E-state index in [1.54, 1.807) is 0 Å². The Bertz CT molecular complexity index is 267. The zero-order valence-corrected chi connectivity index (χ0v) is 6.39. The van der Waals surface area contributed by atoms with Crippen LogP contribution < -0.4 is 4.65 Å². The van der Waals surface area contributed by atoms with Crippen molar-refractivity contribution < 1.29 is 23.5 Å². The van der Waals surface area contributed by atoms with Gasteiger partial charge in [0.05, 0.1) is 6.20 Å². The molecule has 0 amide bonds. The summed E-state index contributed by atoms with van der Waals surface area (Å²) in [5.41, 5.74) is -0.389. The summed E-state index contributed by atoms with van der Waals surface area (Å²) in [7, 11) is -1.97. The molecule has 1 aromatic rings. The largest absolute Gasteiger partial charge is 0.707 e. The molecule has 0 spiro atoms. The van der Waals surface area contributed by atoms with Crippen molar-refractivity contribution in [3.8, 4) is 5.75 Å². The molecule has 0 atom stereocenters. The summed E-state index contributed by atoms with van der Waals surface area (Å²) in [6.45, 7) is 0. The minimum atomic E-state index is -2.65. The number of pyridine rings is 1. The molecule has 0 bridgehead atoms. The van der Waals surface area contributed by atoms with E-state index < -0.39 is 13.7 Å². The highest BCUT2D eigenvalue weighted by Crippen LogP contribution is 2.18. The Labute approximate surface area is 73.0 Å². The standard InChI is InChI=1S/C6H6BF2NO3/c8-6(9)5-2-1-4(3-10-5)13-7(11)12/h1-3,6,11-12H. The van der Waals surface area contributed by atoms with E-state index in [1.165, 1.54) is 6.07 Å². The van der Waals surface area contributed by atoms with E-state index in [4.69, 9.17) is 10.0 Å². The van der Waals surface area contributed by atoms with Crippen molar-refractivity contribution in [3.63, 3.8) is 0 Å². The van der Waals surface area contributed by atoms with Gasteiger partial charge in [-0.25, -0.2) is 8.78 Å². The summed E-state index contributed by atoms with van der Waals surface area (Å²) in [5.74, 6) is 0.0133. The molecular formula is C6H6BF2NO3. The minimum absolute atomic E-state index is 0.0133. The van der Waals surface area contributed by atoms with Gasteiger partial charge in [-0.2, -0.15) is 0 Å². The Morgan fingerprint density at radius 3 is 2.46 bits per heavy atom. The van der Waals surface area contributed by atoms with Crippen LogP contribution in [0.3, 0.4) is 0 Å². The highest BCUT2D eigenvalue weighted by molar-refractivity contribution is 6.33. The van der Waals surface area contributed by atoms with Crippen molar-refractivity contribution in [2.75, 3.05) is 0 Å². The molecule has 4 nitrogen and oxygen atoms in total. The number of alkyl halides is 2. The van der Waals surface area contributed by atoms with Crippen LogP contribution in [-0.4, -0.2) is 22.4 Å². The summed E-state index contributed by atoms with van der Waals surface area (Å²) in [6, 6.07) is 2.22. The van der Waals surface area contributed by atoms with E-state index in [0.29, 0.717) is 0 Å². The highest BCUT2D eigenvalue weighted by atomic mass is 19.3. The summed E-state index contributed by atoms with van der Waals surface area (Å²) in [4.78, 5) is 3.33. The van der Waals surface area contributed by atoms with Crippen LogP contribution in [0.25, 0.3) is 0 Å². The zero-order chi connectivity index (χ0) is 9.84. The Morgan fingerprint density at radius 1 is 1.38 bits per heavy atom. The second kappa shape index (κ2) is 4.15. The first kappa shape index (κ1) is 9.88. The molecule has 0 saturated heterocycles. The topological polar surface area (TPSA) is 62.6 Å². The molecule has 0 radical (unpaired) electrons. The number of aromatic nitrogens is 1. The minimum Gasteiger partial charge on any atom is -0.511 e. The van der Waals surface area contributed by atoms with E-state index in [0.717, 1.165) is 12.3 Å². The van der Waals surface area contributed by atoms with Gasteiger partial charge >= 0.3 is 7.32 Å². The van der Waals surface area contributed by atoms with E-state index >= 15 is 0 Å². The van der Waals surface area contributed by atoms with Gasteiger partial charge in [0.2, 0.25) is 0 Å². The predicted octanol–water partition coefficient (Wildman–Crippen LogP) is 0.367. The van der Waals surface area contributed by atoms with Gasteiger partial charge in [-0.3, -0.25) is 4.98 Å². The van der Waals surface area contributed by atoms with Crippen LogP contribution in [0.5, 0.6) is 5.75 Å². The molecule has 70 valence electrons. The second-order valence-electron chi connectivity index (χ2n) is 2.16. The molecule has 2 N–H and O–H groups in total. The van der Waals surface area contributed by atoms with Crippen molar-refractivity contribution in [3.05, 3.63) is 24.0 Å². The first-order chi connectivity index (χ1) is 6.09. The highest BCUT2D eigenvalue weighted by Gasteiger charge is 2.12. The number of hydrogen-bond acceptors (Lipinski definition) is 4. The van der Waals surface area contributed by atoms with Crippen LogP contribution >= 0.6 is 0 Å². The van der Waals surface area contributed by atoms with E-state index in [2.05, 4.69) is 9.64 Å². The van der Waals surface area contributed by atoms with Crippen LogP contribution in [0.2, 0.25) is 0 Å². The number of halogens is 2. The quantitative estimate of drug-likeness (QED) is 0.674. The second-order valence-corrected chi connectivity index (χ2v) is 2.16. The van der Waals surface area contributed by atoms with Gasteiger partial charge in [0.25, 0.3) is 6.43 Å². The number of nitrogens with zero attached hydrogens (tertiary/aromatic N) is 1. The maximum atomic E-state index is 12.0. The van der Waals surface area contributed by atoms with Crippen LogP contribution in [0, 0.1) is 0 Å². The predicted molar refractivity (Wildman–Crippen MR) is 40.0 cm³/mol. The SMILES string of the molecule is OB(O)Oc1ccc(C(F)F)nc1. The molecule has 13 heavy (non-hydrogen) atoms. The third-order valence-corrected chi connectivity index (χ3v) is 1.22. The maximum absolute atomic E-state index is 12.0. The summed E-state index contributed by atoms with van der Waals surface area (Å²) in [6.07, 6.45) is -1.66. The van der Waals surface area contributed by atoms with Gasteiger partial charge in [-0.05, 0) is 12.1 Å². The molecule has 0 aliphatic heterocycles. The lowest BCUT2D eigenvalue weighted by Crippen LogP contribution is -2.20. The van der Waals surface area contributed by atoms with Crippen molar-refractivity contribution in [2.24, 2.45) is 0 Å². The lowest BCUT2D eigenvalue weighted by Gasteiger charge is -2.04. The monoisotopic (exact) mass is 189 g/mol. The fraction of sp³-hybridized carbons (Fsp3) is 0.167. The van der Waals surface area contributed by atoms with Crippen molar-refractivity contribution >= 4 is 7.32 Å². The number of hydrogen-bond donors (Lipinski definition) is 2. The molecule has 0 aliphatic rings. The summed E-state index contributed by atoms with van der Waals surface area (Å²) >= 11 is 0. The van der Waals surface area contributed by atoms with E-state index in [1.807, 2.05) is 0 Å². The molecule has 7 heteroatoms. The fourth-order valence-electron chi connectivity index (χ4n) is 0.712. The average molecular weight is 189 g/mol. The van der Waals surface area contributed by atoms with E-state index in [9.17, 15) is 8.78 Å². The third-order valence-electron chi connectivity index (χ3n) is 1.22. The van der Waals surface area contributed by atoms with Crippen molar-refractivity contribution in [1.82, 2.24) is 4.98 Å². The Hall–Kier alpha value is -1.21. The summed E-state index contributed by atoms with van der Waals surface area (Å²) in [5, 5.41) is 16.7. The van der Waals surface area contributed by atoms with Gasteiger partial charge in [-0.15, -0.1) is 0 Å². The lowest BCUT2D eigenvalue weighted by molar-refractivity contribution is 0.146. The van der Waals surface area contributed by atoms with Gasteiger partial charge in [0.1, 0.15) is 11.4 Å². The molecule has 0 fully saturated rings. The summed E-state index contributed by atoms with van der Waals surface area (Å²) < 4.78 is 28.3. The average Bonchev–Trinajstić information content (AvgIpc) is 2.04. The molecule has 1 aromatic heterocycles. The fourth-order valence-corrected chi connectivity index (χ4v) is 0.712. The zero-order valence-electron chi connectivity index (χ0n) is 6.39. The van der Waals surface area contributed by atoms with E-state index in [-0.39, 0.29) is 11.4 Å². The molecule has 0 aromatic carbocycles. The third kappa shape index (κ3) is 2.96. The van der Waals surface area contributed by atoms with Crippen LogP contribution in [-0.2, 0) is 0 Å². The van der Waals surface area contributed by atoms with Gasteiger partial charge in [-0.1, -0.05) is 0 Å². The molecule has 0 saturated carbocycles. The van der Waals surface area contributed by atoms with Crippen LogP contribution in [0.15, 0.2) is 18.3 Å². The smallest absolute Gasteiger partial charge is 0.511 e. The lowest BCUT2D eigenvalue weighted by atomic mass is 10.2. The Kier molecular flexibility index (Phi) is 3.15. The van der Waals surface area contributed by atoms with Crippen molar-refractivity contribution in [2.45, 2.75) is 6.43 Å². The number of rotatable bonds is 3. The van der Waals surface area contributed by atoms with Crippen LogP contribution in [0.1, 0.15) is 12.1 Å². The molecular weight excluding hydrogens is 183 g/mol. The van der Waals surface area contributed by atoms with Crippen molar-refractivity contribution in [1.29, 1.82) is 0 Å². The first-order valence-corrected chi connectivity index (χ1v) is 3.36. The molecule has 0 unspecified atom stereocenters. The Morgan fingerprint density at radius 2 is 2.08 bits per heavy atom. The van der Waals surface area contributed by atoms with Gasteiger partial charge in [0.15, 0.2) is 0 Å². The Balaban J connectivity index is 2.70. The maximum Gasteiger partial charge on any atom is 0.707 e. The molecule has 1 heterocycles. The van der Waals surface area contributed by atoms with Gasteiger partial charge < -0.3 is 14.7 Å². The normalized spacial score (nSPS) is 10.2. The molecule has 1 rings (SSSR count). The molecule has 0 aliphatic carbocycles. The van der Waals surface area contributed by atoms with Crippen LogP contribution in [0.4, 0.5) is 8.78 Å². The van der Waals surface area contributed by atoms with Gasteiger partial charge in [0, 0.05) is 0 Å². The first-order valence-electron chi connectivity index (χ1n) is 3.36.